The summed E-state index contributed by atoms with van der Waals surface area (Å²) in [6.07, 6.45) is 0. The van der Waals surface area contributed by atoms with Crippen molar-refractivity contribution in [3.63, 3.8) is 0 Å². The fraction of sp³-hybridized carbons (Fsp3) is 0.357. The Kier molecular flexibility index (Phi) is 4.71. The first-order valence-corrected chi connectivity index (χ1v) is 7.73. The number of nitrogens with zero attached hydrogens (tertiary/aromatic N) is 1. The highest BCUT2D eigenvalue weighted by atomic mass is 79.9. The molecule has 1 aromatic carbocycles. The Morgan fingerprint density at radius 1 is 1.37 bits per heavy atom. The lowest BCUT2D eigenvalue weighted by atomic mass is 10.2. The van der Waals surface area contributed by atoms with Gasteiger partial charge in [0.25, 0.3) is 0 Å². The highest BCUT2D eigenvalue weighted by Gasteiger charge is 2.11. The first-order chi connectivity index (χ1) is 8.95. The van der Waals surface area contributed by atoms with Crippen molar-refractivity contribution in [3.8, 4) is 10.6 Å². The summed E-state index contributed by atoms with van der Waals surface area (Å²) in [5.41, 5.74) is 1.82. The predicted octanol–water partition coefficient (Wildman–Crippen LogP) is 4.52. The Morgan fingerprint density at radius 2 is 2.11 bits per heavy atom. The number of aryl methyl sites for hydroxylation is 1. The quantitative estimate of drug-likeness (QED) is 0.883. The molecule has 0 aliphatic carbocycles. The van der Waals surface area contributed by atoms with Gasteiger partial charge >= 0.3 is 0 Å². The van der Waals surface area contributed by atoms with Crippen molar-refractivity contribution in [1.29, 1.82) is 0 Å². The predicted molar refractivity (Wildman–Crippen MR) is 81.9 cm³/mol. The Labute approximate surface area is 125 Å². The summed E-state index contributed by atoms with van der Waals surface area (Å²) >= 11 is 4.92. The van der Waals surface area contributed by atoms with E-state index in [0.29, 0.717) is 6.04 Å². The normalized spacial score (nSPS) is 11.3. The molecule has 0 saturated carbocycles. The van der Waals surface area contributed by atoms with E-state index in [1.165, 1.54) is 17.0 Å². The molecule has 2 nitrogen and oxygen atoms in total. The van der Waals surface area contributed by atoms with Gasteiger partial charge in [-0.1, -0.05) is 29.8 Å². The molecule has 2 aromatic rings. The van der Waals surface area contributed by atoms with Crippen LogP contribution in [0.3, 0.4) is 0 Å². The third kappa shape index (κ3) is 3.84. The van der Waals surface area contributed by atoms with Gasteiger partial charge < -0.3 is 5.32 Å². The highest BCUT2D eigenvalue weighted by molar-refractivity contribution is 9.10. The molecule has 0 aliphatic rings. The molecule has 1 aromatic heterocycles. The molecule has 1 heterocycles. The standard InChI is InChI=1S/C14H16BrFN2S/c1-8(2)17-7-13-9(3)18-14(19-13)10-4-11(15)6-12(16)5-10/h4-6,8,17H,7H2,1-3H3. The second kappa shape index (κ2) is 6.11. The Morgan fingerprint density at radius 3 is 2.74 bits per heavy atom. The van der Waals surface area contributed by atoms with Gasteiger partial charge in [-0.3, -0.25) is 0 Å². The topological polar surface area (TPSA) is 24.9 Å². The average Bonchev–Trinajstić information content (AvgIpc) is 2.67. The van der Waals surface area contributed by atoms with Crippen molar-refractivity contribution < 1.29 is 4.39 Å². The maximum atomic E-state index is 13.4. The summed E-state index contributed by atoms with van der Waals surface area (Å²) in [6.45, 7) is 7.02. The number of nitrogens with one attached hydrogen (secondary N) is 1. The summed E-state index contributed by atoms with van der Waals surface area (Å²) in [5, 5.41) is 4.24. The van der Waals surface area contributed by atoms with Crippen LogP contribution < -0.4 is 5.32 Å². The molecule has 0 unspecified atom stereocenters. The lowest BCUT2D eigenvalue weighted by Gasteiger charge is -2.05. The van der Waals surface area contributed by atoms with Crippen molar-refractivity contribution >= 4 is 27.3 Å². The van der Waals surface area contributed by atoms with Gasteiger partial charge in [0.15, 0.2) is 0 Å². The number of thiazole rings is 1. The third-order valence-electron chi connectivity index (χ3n) is 2.67. The average molecular weight is 343 g/mol. The fourth-order valence-corrected chi connectivity index (χ4v) is 3.16. The number of hydrogen-bond acceptors (Lipinski definition) is 3. The van der Waals surface area contributed by atoms with Gasteiger partial charge in [-0.05, 0) is 25.1 Å². The second-order valence-corrected chi connectivity index (χ2v) is 6.72. The van der Waals surface area contributed by atoms with E-state index in [1.807, 2.05) is 13.0 Å². The van der Waals surface area contributed by atoms with Crippen LogP contribution >= 0.6 is 27.3 Å². The van der Waals surface area contributed by atoms with E-state index in [-0.39, 0.29) is 5.82 Å². The molecule has 102 valence electrons. The Hall–Kier alpha value is -0.780. The minimum atomic E-state index is -0.251. The first kappa shape index (κ1) is 14.6. The molecule has 0 amide bonds. The number of hydrogen-bond donors (Lipinski definition) is 1. The maximum absolute atomic E-state index is 13.4. The van der Waals surface area contributed by atoms with E-state index < -0.39 is 0 Å². The highest BCUT2D eigenvalue weighted by Crippen LogP contribution is 2.30. The van der Waals surface area contributed by atoms with Crippen LogP contribution in [0.5, 0.6) is 0 Å². The van der Waals surface area contributed by atoms with E-state index in [9.17, 15) is 4.39 Å². The maximum Gasteiger partial charge on any atom is 0.125 e. The number of halogens is 2. The van der Waals surface area contributed by atoms with Gasteiger partial charge in [0.1, 0.15) is 10.8 Å². The van der Waals surface area contributed by atoms with E-state index in [2.05, 4.69) is 40.1 Å². The number of benzene rings is 1. The minimum Gasteiger partial charge on any atom is -0.310 e. The van der Waals surface area contributed by atoms with Gasteiger partial charge in [0, 0.05) is 27.5 Å². The van der Waals surface area contributed by atoms with Crippen molar-refractivity contribution in [2.45, 2.75) is 33.4 Å². The smallest absolute Gasteiger partial charge is 0.125 e. The third-order valence-corrected chi connectivity index (χ3v) is 4.34. The summed E-state index contributed by atoms with van der Waals surface area (Å²) in [7, 11) is 0. The summed E-state index contributed by atoms with van der Waals surface area (Å²) in [6, 6.07) is 5.29. The van der Waals surface area contributed by atoms with Crippen LogP contribution in [-0.2, 0) is 6.54 Å². The lowest BCUT2D eigenvalue weighted by molar-refractivity contribution is 0.591. The molecular formula is C14H16BrFN2S. The van der Waals surface area contributed by atoms with Crippen LogP contribution in [0.15, 0.2) is 22.7 Å². The van der Waals surface area contributed by atoms with Crippen LogP contribution in [0.25, 0.3) is 10.6 Å². The Bertz CT molecular complexity index is 561. The second-order valence-electron chi connectivity index (χ2n) is 4.72. The molecule has 5 heteroatoms. The zero-order valence-electron chi connectivity index (χ0n) is 11.1. The molecule has 0 spiro atoms. The van der Waals surface area contributed by atoms with Gasteiger partial charge in [-0.2, -0.15) is 0 Å². The first-order valence-electron chi connectivity index (χ1n) is 6.12. The minimum absolute atomic E-state index is 0.251. The van der Waals surface area contributed by atoms with Gasteiger partial charge in [0.05, 0.1) is 5.69 Å². The Balaban J connectivity index is 2.28. The summed E-state index contributed by atoms with van der Waals surface area (Å²) in [4.78, 5) is 5.73. The largest absolute Gasteiger partial charge is 0.310 e. The zero-order valence-corrected chi connectivity index (χ0v) is 13.5. The summed E-state index contributed by atoms with van der Waals surface area (Å²) < 4.78 is 14.1. The van der Waals surface area contributed by atoms with E-state index >= 15 is 0 Å². The van der Waals surface area contributed by atoms with E-state index in [1.54, 1.807) is 11.3 Å². The van der Waals surface area contributed by atoms with Crippen LogP contribution in [0.2, 0.25) is 0 Å². The van der Waals surface area contributed by atoms with E-state index in [4.69, 9.17) is 0 Å². The van der Waals surface area contributed by atoms with Crippen LogP contribution in [0, 0.1) is 12.7 Å². The van der Waals surface area contributed by atoms with E-state index in [0.717, 1.165) is 27.3 Å². The summed E-state index contributed by atoms with van der Waals surface area (Å²) in [5.74, 6) is -0.251. The van der Waals surface area contributed by atoms with Crippen LogP contribution in [0.4, 0.5) is 4.39 Å². The molecule has 19 heavy (non-hydrogen) atoms. The molecule has 0 fully saturated rings. The van der Waals surface area contributed by atoms with Gasteiger partial charge in [0.2, 0.25) is 0 Å². The molecular weight excluding hydrogens is 327 g/mol. The molecule has 1 N–H and O–H groups in total. The number of rotatable bonds is 4. The fourth-order valence-electron chi connectivity index (χ4n) is 1.69. The molecule has 0 bridgehead atoms. The molecule has 0 atom stereocenters. The van der Waals surface area contributed by atoms with Crippen molar-refractivity contribution in [2.75, 3.05) is 0 Å². The number of aromatic nitrogens is 1. The molecule has 0 aliphatic heterocycles. The van der Waals surface area contributed by atoms with Crippen molar-refractivity contribution in [2.24, 2.45) is 0 Å². The van der Waals surface area contributed by atoms with Crippen LogP contribution in [0.1, 0.15) is 24.4 Å². The molecule has 0 radical (unpaired) electrons. The SMILES string of the molecule is Cc1nc(-c2cc(F)cc(Br)c2)sc1CNC(C)C. The van der Waals surface area contributed by atoms with Gasteiger partial charge in [-0.25, -0.2) is 9.37 Å². The van der Waals surface area contributed by atoms with Crippen molar-refractivity contribution in [3.05, 3.63) is 39.1 Å². The lowest BCUT2D eigenvalue weighted by Crippen LogP contribution is -2.21. The van der Waals surface area contributed by atoms with Crippen LogP contribution in [-0.4, -0.2) is 11.0 Å². The molecule has 0 saturated heterocycles. The monoisotopic (exact) mass is 342 g/mol. The van der Waals surface area contributed by atoms with Crippen molar-refractivity contribution in [1.82, 2.24) is 10.3 Å². The zero-order chi connectivity index (χ0) is 14.0. The molecule has 2 rings (SSSR count). The van der Waals surface area contributed by atoms with Gasteiger partial charge in [-0.15, -0.1) is 11.3 Å².